The highest BCUT2D eigenvalue weighted by Crippen LogP contribution is 2.47. The van der Waals surface area contributed by atoms with Crippen LogP contribution in [-0.2, 0) is 21.0 Å². The molecule has 2 fully saturated rings. The predicted octanol–water partition coefficient (Wildman–Crippen LogP) is 4.95. The first-order valence-electron chi connectivity index (χ1n) is 12.4. The van der Waals surface area contributed by atoms with E-state index >= 15 is 0 Å². The number of imide groups is 1. The average molecular weight is 505 g/mol. The number of hydrogen-bond donors (Lipinski definition) is 0. The summed E-state index contributed by atoms with van der Waals surface area (Å²) >= 11 is 0. The molecule has 188 valence electrons. The number of fused-ring (bicyclic) bond motifs is 1. The van der Waals surface area contributed by atoms with E-state index in [9.17, 15) is 14.4 Å². The van der Waals surface area contributed by atoms with Gasteiger partial charge in [-0.2, -0.15) is 0 Å². The monoisotopic (exact) mass is 504 g/mol. The van der Waals surface area contributed by atoms with Gasteiger partial charge in [-0.3, -0.25) is 19.3 Å². The Labute approximate surface area is 219 Å². The quantitative estimate of drug-likeness (QED) is 0.210. The van der Waals surface area contributed by atoms with Crippen molar-refractivity contribution in [1.29, 1.82) is 0 Å². The maximum absolute atomic E-state index is 13.7. The second-order valence-electron chi connectivity index (χ2n) is 9.23. The van der Waals surface area contributed by atoms with Gasteiger partial charge in [0.2, 0.25) is 5.91 Å². The Balaban J connectivity index is 1.29. The molecule has 2 aliphatic heterocycles. The molecule has 3 atom stereocenters. The molecule has 0 spiro atoms. The number of esters is 1. The summed E-state index contributed by atoms with van der Waals surface area (Å²) in [5.74, 6) is -1.41. The van der Waals surface area contributed by atoms with Gasteiger partial charge in [-0.05, 0) is 47.5 Å². The summed E-state index contributed by atoms with van der Waals surface area (Å²) in [6.45, 7) is 0.196. The fraction of sp³-hybridized carbons (Fsp3) is 0.129. The lowest BCUT2D eigenvalue weighted by molar-refractivity contribution is -0.143. The van der Waals surface area contributed by atoms with E-state index in [1.807, 2.05) is 66.7 Å². The molecule has 4 aromatic rings. The molecule has 2 heterocycles. The number of amides is 2. The van der Waals surface area contributed by atoms with E-state index in [0.717, 1.165) is 16.8 Å². The smallest absolute Gasteiger partial charge is 0.343 e. The van der Waals surface area contributed by atoms with Gasteiger partial charge in [0, 0.05) is 0 Å². The summed E-state index contributed by atoms with van der Waals surface area (Å²) in [7, 11) is 0. The fourth-order valence-electron chi connectivity index (χ4n) is 5.00. The predicted molar refractivity (Wildman–Crippen MR) is 140 cm³/mol. The lowest BCUT2D eigenvalue weighted by Gasteiger charge is -2.28. The maximum Gasteiger partial charge on any atom is 0.343 e. The number of nitrogens with zero attached hydrogens (tertiary/aromatic N) is 2. The SMILES string of the molecule is O=C(Oc1ccc([C@@H]2[C@@H]3C(=O)N(Cc4ccccc4)C(=O)[C@@H]3ON2c2ccccc2)cc1)c1ccccc1. The van der Waals surface area contributed by atoms with Crippen LogP contribution < -0.4 is 9.80 Å². The molecule has 2 amide bonds. The Hall–Kier alpha value is -4.75. The summed E-state index contributed by atoms with van der Waals surface area (Å²) < 4.78 is 5.52. The van der Waals surface area contributed by atoms with Crippen molar-refractivity contribution < 1.29 is 24.0 Å². The first-order chi connectivity index (χ1) is 18.6. The summed E-state index contributed by atoms with van der Waals surface area (Å²) in [5.41, 5.74) is 2.83. The molecule has 0 aliphatic carbocycles. The van der Waals surface area contributed by atoms with Gasteiger partial charge in [0.1, 0.15) is 11.7 Å². The Kier molecular flexibility index (Phi) is 6.19. The minimum absolute atomic E-state index is 0.196. The van der Waals surface area contributed by atoms with Gasteiger partial charge in [-0.1, -0.05) is 78.9 Å². The standard InChI is InChI=1S/C31H24N2O5/c34-29-26-27(22-16-18-25(19-17-22)37-31(36)23-12-6-2-7-13-23)33(24-14-8-3-9-15-24)38-28(26)30(35)32(29)20-21-10-4-1-5-11-21/h1-19,26-28H,20H2/t26-,27+,28+/m0/s1. The van der Waals surface area contributed by atoms with E-state index in [-0.39, 0.29) is 18.4 Å². The van der Waals surface area contributed by atoms with E-state index in [1.165, 1.54) is 4.90 Å². The normalized spacial score (nSPS) is 20.5. The maximum atomic E-state index is 13.7. The Morgan fingerprint density at radius 1 is 0.737 bits per heavy atom. The van der Waals surface area contributed by atoms with Crippen molar-refractivity contribution in [3.8, 4) is 5.75 Å². The van der Waals surface area contributed by atoms with Crippen LogP contribution in [0.5, 0.6) is 5.75 Å². The van der Waals surface area contributed by atoms with Crippen LogP contribution in [0.15, 0.2) is 115 Å². The number of hydrogen-bond acceptors (Lipinski definition) is 6. The number of rotatable bonds is 6. The van der Waals surface area contributed by atoms with Gasteiger partial charge < -0.3 is 4.74 Å². The van der Waals surface area contributed by atoms with Crippen LogP contribution in [0.4, 0.5) is 5.69 Å². The molecule has 0 radical (unpaired) electrons. The minimum atomic E-state index is -0.924. The van der Waals surface area contributed by atoms with Gasteiger partial charge in [0.25, 0.3) is 5.91 Å². The van der Waals surface area contributed by atoms with E-state index in [0.29, 0.717) is 11.3 Å². The van der Waals surface area contributed by atoms with Crippen LogP contribution in [0.25, 0.3) is 0 Å². The molecule has 38 heavy (non-hydrogen) atoms. The lowest BCUT2D eigenvalue weighted by Crippen LogP contribution is -2.36. The van der Waals surface area contributed by atoms with Crippen molar-refractivity contribution in [1.82, 2.24) is 4.90 Å². The first-order valence-corrected chi connectivity index (χ1v) is 12.4. The summed E-state index contributed by atoms with van der Waals surface area (Å²) in [4.78, 5) is 47.0. The Morgan fingerprint density at radius 2 is 1.34 bits per heavy atom. The highest BCUT2D eigenvalue weighted by molar-refractivity contribution is 6.07. The van der Waals surface area contributed by atoms with Crippen molar-refractivity contribution in [2.45, 2.75) is 18.7 Å². The average Bonchev–Trinajstić information content (AvgIpc) is 3.47. The van der Waals surface area contributed by atoms with Crippen molar-refractivity contribution in [2.24, 2.45) is 5.92 Å². The van der Waals surface area contributed by atoms with E-state index in [2.05, 4.69) is 0 Å². The second-order valence-corrected chi connectivity index (χ2v) is 9.23. The number of hydroxylamine groups is 1. The van der Waals surface area contributed by atoms with Gasteiger partial charge in [-0.25, -0.2) is 9.86 Å². The molecule has 0 bridgehead atoms. The molecule has 0 N–H and O–H groups in total. The van der Waals surface area contributed by atoms with Gasteiger partial charge in [-0.15, -0.1) is 0 Å². The Bertz CT molecular complexity index is 1460. The number of anilines is 1. The molecule has 2 saturated heterocycles. The summed E-state index contributed by atoms with van der Waals surface area (Å²) in [6.07, 6.45) is -0.924. The van der Waals surface area contributed by atoms with E-state index in [1.54, 1.807) is 53.6 Å². The van der Waals surface area contributed by atoms with Crippen molar-refractivity contribution >= 4 is 23.5 Å². The van der Waals surface area contributed by atoms with Crippen molar-refractivity contribution in [3.63, 3.8) is 0 Å². The molecule has 7 nitrogen and oxygen atoms in total. The zero-order valence-corrected chi connectivity index (χ0v) is 20.3. The number of para-hydroxylation sites is 1. The number of carbonyl (C=O) groups excluding carboxylic acids is 3. The number of ether oxygens (including phenoxy) is 1. The first kappa shape index (κ1) is 23.6. The molecule has 6 rings (SSSR count). The van der Waals surface area contributed by atoms with Gasteiger partial charge in [0.05, 0.1) is 23.8 Å². The Morgan fingerprint density at radius 3 is 2.00 bits per heavy atom. The molecule has 7 heteroatoms. The van der Waals surface area contributed by atoms with Crippen LogP contribution in [0.3, 0.4) is 0 Å². The molecule has 0 saturated carbocycles. The highest BCUT2D eigenvalue weighted by Gasteiger charge is 2.59. The third kappa shape index (κ3) is 4.33. The van der Waals surface area contributed by atoms with Crippen LogP contribution in [-0.4, -0.2) is 28.8 Å². The minimum Gasteiger partial charge on any atom is -0.423 e. The molecule has 0 aromatic heterocycles. The van der Waals surface area contributed by atoms with Gasteiger partial charge in [0.15, 0.2) is 6.10 Å². The molecule has 2 aliphatic rings. The third-order valence-electron chi connectivity index (χ3n) is 6.84. The lowest BCUT2D eigenvalue weighted by atomic mass is 9.90. The molecule has 0 unspecified atom stereocenters. The third-order valence-corrected chi connectivity index (χ3v) is 6.84. The summed E-state index contributed by atoms with van der Waals surface area (Å²) in [5, 5.41) is 1.65. The number of benzene rings is 4. The number of carbonyl (C=O) groups is 3. The highest BCUT2D eigenvalue weighted by atomic mass is 16.7. The molecule has 4 aromatic carbocycles. The van der Waals surface area contributed by atoms with Crippen LogP contribution in [0, 0.1) is 5.92 Å². The zero-order chi connectivity index (χ0) is 26.1. The van der Waals surface area contributed by atoms with Crippen molar-refractivity contribution in [2.75, 3.05) is 5.06 Å². The largest absolute Gasteiger partial charge is 0.423 e. The molecular weight excluding hydrogens is 480 g/mol. The topological polar surface area (TPSA) is 76.2 Å². The van der Waals surface area contributed by atoms with E-state index in [4.69, 9.17) is 9.57 Å². The number of likely N-dealkylation sites (tertiary alicyclic amines) is 1. The van der Waals surface area contributed by atoms with Crippen LogP contribution in [0.1, 0.15) is 27.5 Å². The van der Waals surface area contributed by atoms with Crippen LogP contribution >= 0.6 is 0 Å². The molecular formula is C31H24N2O5. The second kappa shape index (κ2) is 9.95. The van der Waals surface area contributed by atoms with E-state index < -0.39 is 24.0 Å². The summed E-state index contributed by atoms with van der Waals surface area (Å²) in [6, 6.07) is 34.0. The zero-order valence-electron chi connectivity index (χ0n) is 20.3. The fourth-order valence-corrected chi connectivity index (χ4v) is 5.00. The van der Waals surface area contributed by atoms with Crippen molar-refractivity contribution in [3.05, 3.63) is 132 Å². The van der Waals surface area contributed by atoms with Gasteiger partial charge >= 0.3 is 5.97 Å². The van der Waals surface area contributed by atoms with Crippen LogP contribution in [0.2, 0.25) is 0 Å².